The van der Waals surface area contributed by atoms with Crippen molar-refractivity contribution >= 4 is 34.3 Å². The molecule has 0 spiro atoms. The van der Waals surface area contributed by atoms with E-state index in [1.54, 1.807) is 22.0 Å². The molecule has 1 aliphatic rings. The lowest BCUT2D eigenvalue weighted by Crippen LogP contribution is -2.47. The van der Waals surface area contributed by atoms with Crippen LogP contribution in [0.3, 0.4) is 0 Å². The van der Waals surface area contributed by atoms with Gasteiger partial charge in [0.25, 0.3) is 0 Å². The maximum atomic E-state index is 13.6. The maximum absolute atomic E-state index is 13.6. The molecule has 1 aliphatic heterocycles. The molecule has 39 heavy (non-hydrogen) atoms. The molecule has 5 rings (SSSR count). The number of nitrogens with zero attached hydrogens (tertiary/aromatic N) is 6. The minimum atomic E-state index is -0.614. The Morgan fingerprint density at radius 1 is 1.00 bits per heavy atom. The Morgan fingerprint density at radius 2 is 1.74 bits per heavy atom. The summed E-state index contributed by atoms with van der Waals surface area (Å²) in [6, 6.07) is 8.69. The summed E-state index contributed by atoms with van der Waals surface area (Å²) in [5.74, 6) is 0.490. The van der Waals surface area contributed by atoms with E-state index < -0.39 is 6.04 Å². The second kappa shape index (κ2) is 10.4. The highest BCUT2D eigenvalue weighted by Crippen LogP contribution is 2.29. The zero-order chi connectivity index (χ0) is 27.8. The number of ketones is 1. The molecule has 0 radical (unpaired) electrons. The molecular formula is C29H31N7O3. The topological polar surface area (TPSA) is 123 Å². The number of carbonyl (C=O) groups excluding carboxylic acids is 3. The molecular weight excluding hydrogens is 494 g/mol. The van der Waals surface area contributed by atoms with Crippen molar-refractivity contribution in [3.8, 4) is 11.1 Å². The molecule has 1 saturated heterocycles. The fourth-order valence-corrected chi connectivity index (χ4v) is 5.11. The third-order valence-electron chi connectivity index (χ3n) is 7.22. The van der Waals surface area contributed by atoms with Crippen LogP contribution < -0.4 is 5.32 Å². The summed E-state index contributed by atoms with van der Waals surface area (Å²) < 4.78 is 1.55. The lowest BCUT2D eigenvalue weighted by molar-refractivity contribution is -0.139. The van der Waals surface area contributed by atoms with Gasteiger partial charge in [-0.05, 0) is 69.9 Å². The molecule has 1 aromatic carbocycles. The minimum Gasteiger partial charge on any atom is -0.326 e. The summed E-state index contributed by atoms with van der Waals surface area (Å²) in [7, 11) is 0. The van der Waals surface area contributed by atoms with Gasteiger partial charge in [0.2, 0.25) is 11.8 Å². The average Bonchev–Trinajstić information content (AvgIpc) is 3.47. The van der Waals surface area contributed by atoms with Crippen molar-refractivity contribution in [3.05, 3.63) is 65.5 Å². The van der Waals surface area contributed by atoms with Crippen molar-refractivity contribution in [2.45, 2.75) is 66.1 Å². The highest BCUT2D eigenvalue weighted by molar-refractivity contribution is 6.06. The Balaban J connectivity index is 1.42. The number of nitrogens with one attached hydrogen (secondary N) is 1. The van der Waals surface area contributed by atoms with Crippen LogP contribution in [0.25, 0.3) is 22.0 Å². The van der Waals surface area contributed by atoms with Gasteiger partial charge in [-0.15, -0.1) is 0 Å². The monoisotopic (exact) mass is 525 g/mol. The Hall–Kier alpha value is -4.47. The number of rotatable bonds is 6. The summed E-state index contributed by atoms with van der Waals surface area (Å²) in [4.78, 5) is 54.0. The van der Waals surface area contributed by atoms with Crippen LogP contribution in [0.2, 0.25) is 0 Å². The fraction of sp³-hybridized carbons (Fsp3) is 0.345. The van der Waals surface area contributed by atoms with Gasteiger partial charge in [-0.3, -0.25) is 19.1 Å². The predicted octanol–water partition coefficient (Wildman–Crippen LogP) is 4.03. The quantitative estimate of drug-likeness (QED) is 0.377. The number of aryl methyl sites for hydroxylation is 3. The van der Waals surface area contributed by atoms with E-state index in [0.717, 1.165) is 22.4 Å². The summed E-state index contributed by atoms with van der Waals surface area (Å²) >= 11 is 0. The maximum Gasteiger partial charge on any atom is 0.248 e. The molecule has 4 heterocycles. The first kappa shape index (κ1) is 26.1. The average molecular weight is 526 g/mol. The number of aromatic nitrogens is 5. The van der Waals surface area contributed by atoms with Crippen LogP contribution >= 0.6 is 0 Å². The van der Waals surface area contributed by atoms with Gasteiger partial charge >= 0.3 is 0 Å². The van der Waals surface area contributed by atoms with E-state index in [1.165, 1.54) is 6.92 Å². The van der Waals surface area contributed by atoms with Crippen molar-refractivity contribution in [3.63, 3.8) is 0 Å². The molecule has 0 bridgehead atoms. The molecule has 1 fully saturated rings. The van der Waals surface area contributed by atoms with Gasteiger partial charge in [0.05, 0.1) is 5.52 Å². The largest absolute Gasteiger partial charge is 0.326 e. The number of anilines is 1. The standard InChI is InChI=1S/C29H31N7O3/c1-16-6-7-17(2)32-28(16)33-29(39)25-10-8-18(3)36(25)26(38)15-35-24-11-9-21(22-13-30-20(5)31-14-22)12-23(24)27(34-35)19(4)37/h6-7,9,11-14,18,25H,8,10,15H2,1-5H3,(H,32,33,39)/t18-,25+/m1/s1. The van der Waals surface area contributed by atoms with Crippen molar-refractivity contribution in [2.75, 3.05) is 5.32 Å². The number of amides is 2. The molecule has 0 saturated carbocycles. The number of hydrogen-bond donors (Lipinski definition) is 1. The Labute approximate surface area is 226 Å². The van der Waals surface area contributed by atoms with E-state index in [2.05, 4.69) is 25.4 Å². The minimum absolute atomic E-state index is 0.0907. The van der Waals surface area contributed by atoms with Gasteiger partial charge in [-0.25, -0.2) is 15.0 Å². The van der Waals surface area contributed by atoms with Crippen molar-refractivity contribution in [2.24, 2.45) is 0 Å². The van der Waals surface area contributed by atoms with Gasteiger partial charge in [0, 0.05) is 42.0 Å². The number of likely N-dealkylation sites (tertiary alicyclic amines) is 1. The van der Waals surface area contributed by atoms with Crippen LogP contribution in [0.1, 0.15) is 54.3 Å². The molecule has 200 valence electrons. The fourth-order valence-electron chi connectivity index (χ4n) is 5.11. The van der Waals surface area contributed by atoms with E-state index >= 15 is 0 Å². The zero-order valence-electron chi connectivity index (χ0n) is 22.7. The molecule has 0 unspecified atom stereocenters. The lowest BCUT2D eigenvalue weighted by atomic mass is 10.0. The van der Waals surface area contributed by atoms with Crippen LogP contribution in [0, 0.1) is 20.8 Å². The Bertz CT molecular complexity index is 1590. The van der Waals surface area contributed by atoms with E-state index in [4.69, 9.17) is 0 Å². The molecule has 0 aliphatic carbocycles. The number of pyridine rings is 1. The highest BCUT2D eigenvalue weighted by atomic mass is 16.2. The predicted molar refractivity (Wildman–Crippen MR) is 147 cm³/mol. The van der Waals surface area contributed by atoms with Crippen LogP contribution in [-0.2, 0) is 16.1 Å². The Kier molecular flexibility index (Phi) is 6.94. The number of hydrogen-bond acceptors (Lipinski definition) is 7. The summed E-state index contributed by atoms with van der Waals surface area (Å²) in [6.07, 6.45) is 4.74. The SMILES string of the molecule is CC(=O)c1nn(CC(=O)N2[C@H](C)CC[C@H]2C(=O)Nc2nc(C)ccc2C)c2ccc(-c3cnc(C)nc3)cc12. The first-order valence-corrected chi connectivity index (χ1v) is 13.0. The van der Waals surface area contributed by atoms with Crippen molar-refractivity contribution in [1.29, 1.82) is 0 Å². The molecule has 10 heteroatoms. The van der Waals surface area contributed by atoms with Crippen molar-refractivity contribution in [1.82, 2.24) is 29.6 Å². The third-order valence-corrected chi connectivity index (χ3v) is 7.22. The van der Waals surface area contributed by atoms with Crippen LogP contribution in [0.4, 0.5) is 5.82 Å². The van der Waals surface area contributed by atoms with E-state index in [0.29, 0.717) is 35.4 Å². The number of benzene rings is 1. The van der Waals surface area contributed by atoms with Crippen LogP contribution in [0.15, 0.2) is 42.7 Å². The van der Waals surface area contributed by atoms with E-state index in [-0.39, 0.29) is 35.9 Å². The van der Waals surface area contributed by atoms with Crippen LogP contribution in [-0.4, -0.2) is 59.3 Å². The summed E-state index contributed by atoms with van der Waals surface area (Å²) in [5.41, 5.74) is 4.28. The molecule has 2 atom stereocenters. The van der Waals surface area contributed by atoms with E-state index in [9.17, 15) is 14.4 Å². The molecule has 3 aromatic heterocycles. The van der Waals surface area contributed by atoms with Crippen molar-refractivity contribution < 1.29 is 14.4 Å². The molecule has 10 nitrogen and oxygen atoms in total. The first-order chi connectivity index (χ1) is 18.6. The lowest BCUT2D eigenvalue weighted by Gasteiger charge is -2.28. The normalized spacial score (nSPS) is 17.0. The third kappa shape index (κ3) is 5.14. The first-order valence-electron chi connectivity index (χ1n) is 13.0. The highest BCUT2D eigenvalue weighted by Gasteiger charge is 2.39. The van der Waals surface area contributed by atoms with E-state index in [1.807, 2.05) is 58.0 Å². The second-order valence-electron chi connectivity index (χ2n) is 10.2. The van der Waals surface area contributed by atoms with Crippen LogP contribution in [0.5, 0.6) is 0 Å². The van der Waals surface area contributed by atoms with Gasteiger partial charge in [0.15, 0.2) is 5.78 Å². The zero-order valence-corrected chi connectivity index (χ0v) is 22.7. The molecule has 1 N–H and O–H groups in total. The Morgan fingerprint density at radius 3 is 2.46 bits per heavy atom. The molecule has 2 amide bonds. The van der Waals surface area contributed by atoms with Gasteiger partial charge in [-0.2, -0.15) is 5.10 Å². The number of carbonyl (C=O) groups is 3. The number of fused-ring (bicyclic) bond motifs is 1. The van der Waals surface area contributed by atoms with Gasteiger partial charge in [0.1, 0.15) is 29.9 Å². The number of Topliss-reactive ketones (excluding diaryl/α,β-unsaturated/α-hetero) is 1. The second-order valence-corrected chi connectivity index (χ2v) is 10.2. The summed E-state index contributed by atoms with van der Waals surface area (Å²) in [5, 5.41) is 8.08. The van der Waals surface area contributed by atoms with Gasteiger partial charge < -0.3 is 10.2 Å². The summed E-state index contributed by atoms with van der Waals surface area (Å²) in [6.45, 7) is 8.88. The molecule has 4 aromatic rings. The smallest absolute Gasteiger partial charge is 0.248 e. The van der Waals surface area contributed by atoms with Gasteiger partial charge in [-0.1, -0.05) is 12.1 Å².